The molecule has 1 saturated carbocycles. The van der Waals surface area contributed by atoms with E-state index in [0.29, 0.717) is 25.0 Å². The van der Waals surface area contributed by atoms with Gasteiger partial charge in [-0.05, 0) is 37.3 Å². The van der Waals surface area contributed by atoms with Crippen LogP contribution in [0.1, 0.15) is 38.8 Å². The van der Waals surface area contributed by atoms with Crippen molar-refractivity contribution < 1.29 is 4.79 Å². The molecular formula is C16H25N3O. The summed E-state index contributed by atoms with van der Waals surface area (Å²) in [5.41, 5.74) is 6.76. The Balaban J connectivity index is 2.05. The van der Waals surface area contributed by atoms with Gasteiger partial charge in [0, 0.05) is 18.8 Å². The molecule has 110 valence electrons. The molecule has 0 saturated heterocycles. The van der Waals surface area contributed by atoms with Crippen LogP contribution in [0.25, 0.3) is 0 Å². The zero-order chi connectivity index (χ0) is 14.5. The summed E-state index contributed by atoms with van der Waals surface area (Å²) in [7, 11) is 0. The summed E-state index contributed by atoms with van der Waals surface area (Å²) in [6.07, 6.45) is 4.86. The predicted octanol–water partition coefficient (Wildman–Crippen LogP) is 2.19. The zero-order valence-electron chi connectivity index (χ0n) is 12.5. The quantitative estimate of drug-likeness (QED) is 0.830. The minimum Gasteiger partial charge on any atom is -0.334 e. The molecular weight excluding hydrogens is 250 g/mol. The summed E-state index contributed by atoms with van der Waals surface area (Å²) in [5.74, 6) is 0.636. The first kappa shape index (κ1) is 15.0. The van der Waals surface area contributed by atoms with Crippen LogP contribution in [0.3, 0.4) is 0 Å². The highest BCUT2D eigenvalue weighted by atomic mass is 16.2. The van der Waals surface area contributed by atoms with Crippen LogP contribution in [0.5, 0.6) is 0 Å². The molecule has 0 radical (unpaired) electrons. The van der Waals surface area contributed by atoms with Gasteiger partial charge in [0.05, 0.1) is 18.2 Å². The Morgan fingerprint density at radius 3 is 2.70 bits per heavy atom. The lowest BCUT2D eigenvalue weighted by Gasteiger charge is -2.27. The van der Waals surface area contributed by atoms with Gasteiger partial charge in [-0.3, -0.25) is 9.78 Å². The standard InChI is InChI=1S/C16H25N3O/c1-12(2)9-13(10-17)16(20)19(15-6-7-15)11-14-5-3-4-8-18-14/h3-5,8,12-13,15H,6-7,9-11,17H2,1-2H3. The summed E-state index contributed by atoms with van der Waals surface area (Å²) in [6, 6.07) is 6.23. The van der Waals surface area contributed by atoms with Crippen molar-refractivity contribution in [3.63, 3.8) is 0 Å². The number of nitrogens with two attached hydrogens (primary N) is 1. The third-order valence-corrected chi connectivity index (χ3v) is 3.72. The van der Waals surface area contributed by atoms with Crippen LogP contribution >= 0.6 is 0 Å². The first-order valence-corrected chi connectivity index (χ1v) is 7.52. The molecule has 1 aliphatic rings. The number of rotatable bonds is 7. The van der Waals surface area contributed by atoms with Crippen molar-refractivity contribution in [1.29, 1.82) is 0 Å². The van der Waals surface area contributed by atoms with Crippen molar-refractivity contribution in [1.82, 2.24) is 9.88 Å². The van der Waals surface area contributed by atoms with Crippen molar-refractivity contribution in [2.45, 2.75) is 45.7 Å². The van der Waals surface area contributed by atoms with E-state index in [-0.39, 0.29) is 11.8 Å². The molecule has 0 bridgehead atoms. The van der Waals surface area contributed by atoms with E-state index in [1.165, 1.54) is 0 Å². The number of carbonyl (C=O) groups excluding carboxylic acids is 1. The molecule has 0 aliphatic heterocycles. The summed E-state index contributed by atoms with van der Waals surface area (Å²) in [6.45, 7) is 5.31. The SMILES string of the molecule is CC(C)CC(CN)C(=O)N(Cc1ccccn1)C1CC1. The maximum Gasteiger partial charge on any atom is 0.227 e. The van der Waals surface area contributed by atoms with E-state index in [1.807, 2.05) is 23.1 Å². The van der Waals surface area contributed by atoms with Crippen molar-refractivity contribution in [2.75, 3.05) is 6.54 Å². The van der Waals surface area contributed by atoms with Crippen LogP contribution in [-0.4, -0.2) is 28.4 Å². The lowest BCUT2D eigenvalue weighted by Crippen LogP contribution is -2.40. The lowest BCUT2D eigenvalue weighted by atomic mass is 9.95. The molecule has 2 rings (SSSR count). The lowest BCUT2D eigenvalue weighted by molar-refractivity contribution is -0.137. The molecule has 1 unspecified atom stereocenters. The van der Waals surface area contributed by atoms with Gasteiger partial charge in [-0.15, -0.1) is 0 Å². The average Bonchev–Trinajstić information content (AvgIpc) is 3.27. The zero-order valence-corrected chi connectivity index (χ0v) is 12.5. The van der Waals surface area contributed by atoms with Gasteiger partial charge in [-0.25, -0.2) is 0 Å². The Bertz CT molecular complexity index is 429. The molecule has 1 aliphatic carbocycles. The Morgan fingerprint density at radius 2 is 2.20 bits per heavy atom. The third-order valence-electron chi connectivity index (χ3n) is 3.72. The van der Waals surface area contributed by atoms with Crippen LogP contribution in [0.15, 0.2) is 24.4 Å². The maximum absolute atomic E-state index is 12.7. The monoisotopic (exact) mass is 275 g/mol. The van der Waals surface area contributed by atoms with E-state index < -0.39 is 0 Å². The second kappa shape index (κ2) is 6.84. The van der Waals surface area contributed by atoms with E-state index in [0.717, 1.165) is 25.0 Å². The number of hydrogen-bond donors (Lipinski definition) is 1. The van der Waals surface area contributed by atoms with E-state index in [1.54, 1.807) is 6.20 Å². The van der Waals surface area contributed by atoms with E-state index in [9.17, 15) is 4.79 Å². The Kier molecular flexibility index (Phi) is 5.12. The Labute approximate surface area is 121 Å². The summed E-state index contributed by atoms with van der Waals surface area (Å²) in [4.78, 5) is 19.0. The molecule has 1 amide bonds. The van der Waals surface area contributed by atoms with E-state index >= 15 is 0 Å². The van der Waals surface area contributed by atoms with Gasteiger partial charge in [0.1, 0.15) is 0 Å². The largest absolute Gasteiger partial charge is 0.334 e. The third kappa shape index (κ3) is 4.04. The van der Waals surface area contributed by atoms with Gasteiger partial charge in [-0.1, -0.05) is 19.9 Å². The maximum atomic E-state index is 12.7. The molecule has 1 aromatic rings. The Hall–Kier alpha value is -1.42. The van der Waals surface area contributed by atoms with E-state index in [2.05, 4.69) is 18.8 Å². The van der Waals surface area contributed by atoms with Crippen molar-refractivity contribution >= 4 is 5.91 Å². The summed E-state index contributed by atoms with van der Waals surface area (Å²) < 4.78 is 0. The predicted molar refractivity (Wildman–Crippen MR) is 79.8 cm³/mol. The van der Waals surface area contributed by atoms with E-state index in [4.69, 9.17) is 5.73 Å². The minimum atomic E-state index is -0.0562. The molecule has 1 atom stereocenters. The molecule has 4 nitrogen and oxygen atoms in total. The van der Waals surface area contributed by atoms with Crippen LogP contribution in [0.2, 0.25) is 0 Å². The number of amides is 1. The van der Waals surface area contributed by atoms with Gasteiger partial charge < -0.3 is 10.6 Å². The molecule has 1 aromatic heterocycles. The number of pyridine rings is 1. The van der Waals surface area contributed by atoms with Crippen molar-refractivity contribution in [3.05, 3.63) is 30.1 Å². The second-order valence-corrected chi connectivity index (χ2v) is 6.08. The van der Waals surface area contributed by atoms with Crippen LogP contribution in [0, 0.1) is 11.8 Å². The van der Waals surface area contributed by atoms with Crippen molar-refractivity contribution in [3.8, 4) is 0 Å². The van der Waals surface area contributed by atoms with Gasteiger partial charge in [0.2, 0.25) is 5.91 Å². The van der Waals surface area contributed by atoms with Gasteiger partial charge >= 0.3 is 0 Å². The highest BCUT2D eigenvalue weighted by molar-refractivity contribution is 5.79. The van der Waals surface area contributed by atoms with Crippen LogP contribution in [-0.2, 0) is 11.3 Å². The van der Waals surface area contributed by atoms with Crippen LogP contribution in [0.4, 0.5) is 0 Å². The number of hydrogen-bond acceptors (Lipinski definition) is 3. The van der Waals surface area contributed by atoms with Crippen LogP contribution < -0.4 is 5.73 Å². The molecule has 1 fully saturated rings. The fraction of sp³-hybridized carbons (Fsp3) is 0.625. The first-order chi connectivity index (χ1) is 9.61. The van der Waals surface area contributed by atoms with Gasteiger partial charge in [0.15, 0.2) is 0 Å². The average molecular weight is 275 g/mol. The summed E-state index contributed by atoms with van der Waals surface area (Å²) in [5, 5.41) is 0. The summed E-state index contributed by atoms with van der Waals surface area (Å²) >= 11 is 0. The fourth-order valence-electron chi connectivity index (χ4n) is 2.54. The second-order valence-electron chi connectivity index (χ2n) is 6.08. The molecule has 0 spiro atoms. The fourth-order valence-corrected chi connectivity index (χ4v) is 2.54. The first-order valence-electron chi connectivity index (χ1n) is 7.52. The normalized spacial score (nSPS) is 16.2. The minimum absolute atomic E-state index is 0.0562. The number of carbonyl (C=O) groups is 1. The Morgan fingerprint density at radius 1 is 1.45 bits per heavy atom. The molecule has 1 heterocycles. The van der Waals surface area contributed by atoms with Gasteiger partial charge in [-0.2, -0.15) is 0 Å². The number of aromatic nitrogens is 1. The molecule has 2 N–H and O–H groups in total. The van der Waals surface area contributed by atoms with Gasteiger partial charge in [0.25, 0.3) is 0 Å². The molecule has 20 heavy (non-hydrogen) atoms. The highest BCUT2D eigenvalue weighted by Crippen LogP contribution is 2.30. The smallest absolute Gasteiger partial charge is 0.227 e. The number of nitrogens with zero attached hydrogens (tertiary/aromatic N) is 2. The topological polar surface area (TPSA) is 59.2 Å². The van der Waals surface area contributed by atoms with Crippen molar-refractivity contribution in [2.24, 2.45) is 17.6 Å². The molecule has 4 heteroatoms. The highest BCUT2D eigenvalue weighted by Gasteiger charge is 2.35. The molecule has 0 aromatic carbocycles.